The molecule has 0 aromatic heterocycles. The molecular formula is C32H49N2OZn-. The largest absolute Gasteiger partial charge is 0.661 e. The first-order chi connectivity index (χ1) is 16.8. The van der Waals surface area contributed by atoms with Crippen LogP contribution >= 0.6 is 0 Å². The number of allylic oxidation sites excluding steroid dienone is 2. The molecule has 0 amide bonds. The third-order valence-corrected chi connectivity index (χ3v) is 5.48. The van der Waals surface area contributed by atoms with Crippen LogP contribution in [0, 0.1) is 0 Å². The average Bonchev–Trinajstić information content (AvgIpc) is 2.78. The Bertz CT molecular complexity index is 896. The summed E-state index contributed by atoms with van der Waals surface area (Å²) in [4.78, 5) is 5.08. The smallest absolute Gasteiger partial charge is 0.0696 e. The van der Waals surface area contributed by atoms with Crippen LogP contribution in [0.2, 0.25) is 0 Å². The predicted molar refractivity (Wildman–Crippen MR) is 156 cm³/mol. The van der Waals surface area contributed by atoms with E-state index in [1.807, 2.05) is 0 Å². The van der Waals surface area contributed by atoms with E-state index in [2.05, 4.69) is 84.0 Å². The third-order valence-electron chi connectivity index (χ3n) is 5.48. The van der Waals surface area contributed by atoms with E-state index < -0.39 is 0 Å². The molecule has 0 aliphatic heterocycles. The molecular weight excluding hydrogens is 494 g/mol. The van der Waals surface area contributed by atoms with E-state index in [-0.39, 0.29) is 25.6 Å². The monoisotopic (exact) mass is 541 g/mol. The number of para-hydroxylation sites is 2. The van der Waals surface area contributed by atoms with Crippen LogP contribution < -0.4 is 0 Å². The Labute approximate surface area is 234 Å². The number of aliphatic imine (C=N–C) groups is 1. The van der Waals surface area contributed by atoms with Crippen LogP contribution in [-0.2, 0) is 45.2 Å². The zero-order chi connectivity index (χ0) is 26.2. The van der Waals surface area contributed by atoms with E-state index in [1.54, 1.807) is 13.8 Å². The van der Waals surface area contributed by atoms with E-state index in [1.165, 1.54) is 33.6 Å². The van der Waals surface area contributed by atoms with Crippen molar-refractivity contribution in [2.75, 3.05) is 0 Å². The maximum absolute atomic E-state index is 8.06. The summed E-state index contributed by atoms with van der Waals surface area (Å²) in [5.41, 5.74) is 9.81. The van der Waals surface area contributed by atoms with Gasteiger partial charge in [0, 0.05) is 31.3 Å². The van der Waals surface area contributed by atoms with Crippen molar-refractivity contribution in [2.24, 2.45) is 4.99 Å². The zero-order valence-corrected chi connectivity index (χ0v) is 27.3. The normalized spacial score (nSPS) is 11.6. The molecule has 0 aliphatic rings. The molecule has 0 aliphatic carbocycles. The fourth-order valence-corrected chi connectivity index (χ4v) is 4.18. The molecule has 0 unspecified atom stereocenters. The summed E-state index contributed by atoms with van der Waals surface area (Å²) in [7, 11) is 0. The summed E-state index contributed by atoms with van der Waals surface area (Å²) in [5, 5.41) is 13.1. The molecule has 0 spiro atoms. The average molecular weight is 543 g/mol. The van der Waals surface area contributed by atoms with Gasteiger partial charge in [-0.1, -0.05) is 114 Å². The number of aliphatic hydroxyl groups is 1. The van der Waals surface area contributed by atoms with E-state index in [4.69, 9.17) is 15.4 Å². The summed E-state index contributed by atoms with van der Waals surface area (Å²) in [6.07, 6.45) is 10.8. The van der Waals surface area contributed by atoms with Gasteiger partial charge in [-0.05, 0) is 57.6 Å². The molecule has 0 saturated carbocycles. The molecule has 0 radical (unpaired) electrons. The van der Waals surface area contributed by atoms with Crippen LogP contribution in [0.5, 0.6) is 0 Å². The van der Waals surface area contributed by atoms with Gasteiger partial charge in [0.1, 0.15) is 0 Å². The van der Waals surface area contributed by atoms with Crippen LogP contribution in [0.25, 0.3) is 5.32 Å². The molecule has 0 bridgehead atoms. The molecule has 196 valence electrons. The molecule has 2 aromatic rings. The van der Waals surface area contributed by atoms with Gasteiger partial charge < -0.3 is 10.4 Å². The first kappa shape index (κ1) is 34.2. The maximum atomic E-state index is 8.06. The van der Waals surface area contributed by atoms with Crippen molar-refractivity contribution in [1.29, 1.82) is 0 Å². The van der Waals surface area contributed by atoms with Gasteiger partial charge in [0.15, 0.2) is 0 Å². The van der Waals surface area contributed by atoms with Crippen molar-refractivity contribution in [2.45, 2.75) is 113 Å². The Hall–Kier alpha value is -1.77. The number of hydrogen-bond acceptors (Lipinski definition) is 2. The number of benzene rings is 2. The molecule has 0 saturated heterocycles. The van der Waals surface area contributed by atoms with Gasteiger partial charge in [-0.3, -0.25) is 4.99 Å². The van der Waals surface area contributed by atoms with Gasteiger partial charge in [-0.15, -0.1) is 5.69 Å². The Morgan fingerprint density at radius 3 is 1.53 bits per heavy atom. The number of hydrogen-bond donors (Lipinski definition) is 1. The number of rotatable bonds is 12. The molecule has 36 heavy (non-hydrogen) atoms. The van der Waals surface area contributed by atoms with Gasteiger partial charge in [0.25, 0.3) is 0 Å². The standard InChI is InChI=1S/C29H41N2.C3H8O.Zn/c1-7-13-24-17-11-18-25(14-8-2)28(24)30-22(5)21-23(6)31-29-26(15-9-3)19-12-20-27(29)16-10-4;1-3(2)4;/h11-12,17-21H,7-10,13-16H2,1-6H3;3-4H,1-2H3;/q-1;;/b22-21-,31-23?;;. The molecule has 0 fully saturated rings. The quantitative estimate of drug-likeness (QED) is 0.210. The molecule has 0 heterocycles. The minimum Gasteiger partial charge on any atom is -0.661 e. The van der Waals surface area contributed by atoms with Crippen LogP contribution in [0.4, 0.5) is 11.4 Å². The van der Waals surface area contributed by atoms with Gasteiger partial charge in [-0.25, -0.2) is 0 Å². The Balaban J connectivity index is 0.00000227. The topological polar surface area (TPSA) is 46.7 Å². The predicted octanol–water partition coefficient (Wildman–Crippen LogP) is 9.58. The molecule has 3 nitrogen and oxygen atoms in total. The molecule has 4 heteroatoms. The fourth-order valence-electron chi connectivity index (χ4n) is 4.18. The van der Waals surface area contributed by atoms with Crippen LogP contribution in [0.15, 0.2) is 53.2 Å². The van der Waals surface area contributed by atoms with Crippen LogP contribution in [0.3, 0.4) is 0 Å². The Morgan fingerprint density at radius 1 is 0.778 bits per heavy atom. The summed E-state index contributed by atoms with van der Waals surface area (Å²) in [6.45, 7) is 16.6. The van der Waals surface area contributed by atoms with Crippen molar-refractivity contribution < 1.29 is 24.6 Å². The van der Waals surface area contributed by atoms with Gasteiger partial charge >= 0.3 is 0 Å². The van der Waals surface area contributed by atoms with Crippen molar-refractivity contribution in [3.8, 4) is 0 Å². The van der Waals surface area contributed by atoms with Gasteiger partial charge in [-0.2, -0.15) is 5.70 Å². The minimum atomic E-state index is -0.167. The summed E-state index contributed by atoms with van der Waals surface area (Å²) in [6, 6.07) is 13.3. The molecule has 1 N–H and O–H groups in total. The second-order valence-electron chi connectivity index (χ2n) is 9.59. The number of nitrogens with zero attached hydrogens (tertiary/aromatic N) is 2. The molecule has 2 rings (SSSR count). The first-order valence-corrected chi connectivity index (χ1v) is 13.6. The van der Waals surface area contributed by atoms with Crippen molar-refractivity contribution in [1.82, 2.24) is 0 Å². The third kappa shape index (κ3) is 12.5. The van der Waals surface area contributed by atoms with Crippen molar-refractivity contribution >= 4 is 17.1 Å². The molecule has 0 atom stereocenters. The van der Waals surface area contributed by atoms with E-state index in [0.717, 1.165) is 62.8 Å². The second kappa shape index (κ2) is 19.4. The van der Waals surface area contributed by atoms with E-state index >= 15 is 0 Å². The maximum Gasteiger partial charge on any atom is 0.0696 e. The SMILES string of the molecule is CC(C)O.CCCc1cccc(CCC)c1N=C(C)/C=C(/C)[N-]c1c(CCC)cccc1CCC.[Zn]. The molecule has 2 aromatic carbocycles. The van der Waals surface area contributed by atoms with Gasteiger partial charge in [0.05, 0.1) is 5.69 Å². The zero-order valence-electron chi connectivity index (χ0n) is 24.3. The Kier molecular flexibility index (Phi) is 18.4. The number of aryl methyl sites for hydroxylation is 4. The first-order valence-electron chi connectivity index (χ1n) is 13.6. The number of aliphatic hydroxyl groups excluding tert-OH is 1. The minimum absolute atomic E-state index is 0. The summed E-state index contributed by atoms with van der Waals surface area (Å²) < 4.78 is 0. The second-order valence-corrected chi connectivity index (χ2v) is 9.59. The summed E-state index contributed by atoms with van der Waals surface area (Å²) >= 11 is 0. The van der Waals surface area contributed by atoms with Gasteiger partial charge in [0.2, 0.25) is 0 Å². The van der Waals surface area contributed by atoms with Crippen LogP contribution in [0.1, 0.15) is 103 Å². The van der Waals surface area contributed by atoms with Crippen molar-refractivity contribution in [3.63, 3.8) is 0 Å². The summed E-state index contributed by atoms with van der Waals surface area (Å²) in [5.74, 6) is 0. The fraction of sp³-hybridized carbons (Fsp3) is 0.531. The van der Waals surface area contributed by atoms with Crippen LogP contribution in [-0.4, -0.2) is 16.9 Å². The van der Waals surface area contributed by atoms with E-state index in [0.29, 0.717) is 0 Å². The van der Waals surface area contributed by atoms with E-state index in [9.17, 15) is 0 Å². The van der Waals surface area contributed by atoms with Crippen molar-refractivity contribution in [3.05, 3.63) is 75.7 Å². The Morgan fingerprint density at radius 2 is 1.14 bits per heavy atom.